The van der Waals surface area contributed by atoms with Crippen LogP contribution < -0.4 is 10.1 Å². The normalized spacial score (nSPS) is 16.3. The topological polar surface area (TPSA) is 108 Å². The van der Waals surface area contributed by atoms with E-state index in [1.165, 1.54) is 17.0 Å². The van der Waals surface area contributed by atoms with Gasteiger partial charge in [0.25, 0.3) is 5.91 Å². The van der Waals surface area contributed by atoms with Gasteiger partial charge in [-0.3, -0.25) is 19.4 Å². The quantitative estimate of drug-likeness (QED) is 0.178. The second-order valence-electron chi connectivity index (χ2n) is 10.2. The van der Waals surface area contributed by atoms with Crippen molar-refractivity contribution < 1.29 is 29.0 Å². The molecule has 0 saturated carbocycles. The van der Waals surface area contributed by atoms with Crippen molar-refractivity contribution in [3.8, 4) is 16.9 Å². The molecule has 13 heteroatoms. The lowest BCUT2D eigenvalue weighted by Crippen LogP contribution is -2.38. The van der Waals surface area contributed by atoms with Crippen LogP contribution in [0.5, 0.6) is 5.75 Å². The number of carbonyl (C=O) groups is 3. The Bertz CT molecular complexity index is 1660. The third-order valence-corrected chi connectivity index (χ3v) is 9.25. The monoisotopic (exact) mass is 685 g/mol. The Morgan fingerprint density at radius 3 is 2.60 bits per heavy atom. The van der Waals surface area contributed by atoms with E-state index in [0.717, 1.165) is 48.1 Å². The fourth-order valence-electron chi connectivity index (χ4n) is 4.77. The molecule has 45 heavy (non-hydrogen) atoms. The molecule has 0 spiro atoms. The highest BCUT2D eigenvalue weighted by Crippen LogP contribution is 2.37. The van der Waals surface area contributed by atoms with Gasteiger partial charge in [-0.1, -0.05) is 65.4 Å². The molecule has 2 aliphatic heterocycles. The number of halogens is 2. The number of nitrogens with zero attached hydrogens (tertiary/aromatic N) is 2. The van der Waals surface area contributed by atoms with Gasteiger partial charge < -0.3 is 19.9 Å². The molecule has 0 unspecified atom stereocenters. The SMILES string of the molecule is O=C(CCN1C(=O)C(=Cc2ccc(OCCN3CCOCC3)c(-c3ccc(Cl)c(Cl)c3)c2)SC1=S)Nc1cccc(C(=O)O)c1. The maximum atomic E-state index is 13.3. The van der Waals surface area contributed by atoms with Gasteiger partial charge in [-0.2, -0.15) is 0 Å². The average molecular weight is 687 g/mol. The minimum absolute atomic E-state index is 0.0189. The van der Waals surface area contributed by atoms with Crippen molar-refractivity contribution in [2.45, 2.75) is 6.42 Å². The number of carboxylic acid groups (broad SMARTS) is 1. The minimum atomic E-state index is -1.09. The Morgan fingerprint density at radius 1 is 1.04 bits per heavy atom. The summed E-state index contributed by atoms with van der Waals surface area (Å²) in [5.74, 6) is -1.09. The van der Waals surface area contributed by atoms with Crippen LogP contribution in [-0.4, -0.2) is 83.0 Å². The van der Waals surface area contributed by atoms with E-state index >= 15 is 0 Å². The van der Waals surface area contributed by atoms with Crippen LogP contribution in [0.25, 0.3) is 17.2 Å². The van der Waals surface area contributed by atoms with E-state index in [2.05, 4.69) is 10.2 Å². The van der Waals surface area contributed by atoms with Crippen molar-refractivity contribution in [1.82, 2.24) is 9.80 Å². The summed E-state index contributed by atoms with van der Waals surface area (Å²) >= 11 is 19.1. The number of carboxylic acids is 1. The number of anilines is 1. The van der Waals surface area contributed by atoms with Gasteiger partial charge in [-0.15, -0.1) is 0 Å². The van der Waals surface area contributed by atoms with Gasteiger partial charge in [-0.05, 0) is 59.7 Å². The molecule has 0 aliphatic carbocycles. The van der Waals surface area contributed by atoms with Crippen LogP contribution in [0.1, 0.15) is 22.3 Å². The Hall–Kier alpha value is -3.45. The summed E-state index contributed by atoms with van der Waals surface area (Å²) in [6.07, 6.45) is 1.74. The van der Waals surface area contributed by atoms with Crippen molar-refractivity contribution >= 4 is 81.0 Å². The largest absolute Gasteiger partial charge is 0.492 e. The van der Waals surface area contributed by atoms with Crippen LogP contribution in [-0.2, 0) is 14.3 Å². The molecule has 0 aromatic heterocycles. The molecular weight excluding hydrogens is 657 g/mol. The number of nitrogens with one attached hydrogen (secondary N) is 1. The van der Waals surface area contributed by atoms with Crippen LogP contribution in [0, 0.1) is 0 Å². The Balaban J connectivity index is 1.28. The smallest absolute Gasteiger partial charge is 0.335 e. The highest BCUT2D eigenvalue weighted by molar-refractivity contribution is 8.26. The summed E-state index contributed by atoms with van der Waals surface area (Å²) in [5, 5.41) is 12.7. The summed E-state index contributed by atoms with van der Waals surface area (Å²) in [5.41, 5.74) is 2.78. The third-order valence-electron chi connectivity index (χ3n) is 7.13. The standard InChI is InChI=1S/C32H29Cl2N3O6S2/c33-25-6-5-21(19-26(25)34)24-16-20(4-7-27(24)43-15-12-36-10-13-42-14-11-36)17-28-30(39)37(32(44)45-28)9-8-29(38)35-23-3-1-2-22(18-23)31(40)41/h1-7,16-19H,8-15H2,(H,35,38)(H,40,41). The molecule has 0 radical (unpaired) electrons. The summed E-state index contributed by atoms with van der Waals surface area (Å²) in [4.78, 5) is 41.2. The van der Waals surface area contributed by atoms with Crippen LogP contribution in [0.4, 0.5) is 5.69 Å². The maximum Gasteiger partial charge on any atom is 0.335 e. The highest BCUT2D eigenvalue weighted by Gasteiger charge is 2.32. The molecule has 9 nitrogen and oxygen atoms in total. The van der Waals surface area contributed by atoms with Crippen molar-refractivity contribution in [2.24, 2.45) is 0 Å². The maximum absolute atomic E-state index is 13.3. The van der Waals surface area contributed by atoms with Gasteiger partial charge in [-0.25, -0.2) is 4.79 Å². The lowest BCUT2D eigenvalue weighted by Gasteiger charge is -2.26. The van der Waals surface area contributed by atoms with Gasteiger partial charge in [0.2, 0.25) is 5.91 Å². The molecule has 2 saturated heterocycles. The number of hydrogen-bond acceptors (Lipinski definition) is 8. The van der Waals surface area contributed by atoms with Gasteiger partial charge >= 0.3 is 5.97 Å². The number of aromatic carboxylic acids is 1. The zero-order chi connectivity index (χ0) is 31.9. The minimum Gasteiger partial charge on any atom is -0.492 e. The van der Waals surface area contributed by atoms with Gasteiger partial charge in [0.05, 0.1) is 33.7 Å². The molecule has 3 aromatic rings. The first kappa shape index (κ1) is 32.9. The zero-order valence-electron chi connectivity index (χ0n) is 24.0. The first-order valence-corrected chi connectivity index (χ1v) is 16.1. The fourth-order valence-corrected chi connectivity index (χ4v) is 6.38. The molecule has 0 atom stereocenters. The average Bonchev–Trinajstić information content (AvgIpc) is 3.29. The molecule has 3 aromatic carbocycles. The van der Waals surface area contributed by atoms with Crippen LogP contribution in [0.3, 0.4) is 0 Å². The lowest BCUT2D eigenvalue weighted by atomic mass is 10.0. The molecule has 2 amide bonds. The molecule has 2 N–H and O–H groups in total. The number of amides is 2. The van der Waals surface area contributed by atoms with Crippen molar-refractivity contribution in [3.63, 3.8) is 0 Å². The Morgan fingerprint density at radius 2 is 1.84 bits per heavy atom. The third kappa shape index (κ3) is 8.63. The van der Waals surface area contributed by atoms with E-state index in [4.69, 9.17) is 50.0 Å². The first-order chi connectivity index (χ1) is 21.7. The molecular formula is C32H29Cl2N3O6S2. The van der Waals surface area contributed by atoms with E-state index in [9.17, 15) is 14.4 Å². The Labute approximate surface area is 280 Å². The number of ether oxygens (including phenoxy) is 2. The first-order valence-electron chi connectivity index (χ1n) is 14.1. The van der Waals surface area contributed by atoms with Crippen LogP contribution >= 0.6 is 47.2 Å². The van der Waals surface area contributed by atoms with E-state index in [1.54, 1.807) is 30.3 Å². The summed E-state index contributed by atoms with van der Waals surface area (Å²) in [7, 11) is 0. The van der Waals surface area contributed by atoms with Crippen LogP contribution in [0.2, 0.25) is 10.0 Å². The Kier molecular flexibility index (Phi) is 11.1. The number of thiocarbonyl (C=S) groups is 1. The predicted molar refractivity (Wildman–Crippen MR) is 181 cm³/mol. The van der Waals surface area contributed by atoms with E-state index in [1.807, 2.05) is 24.3 Å². The fraction of sp³-hybridized carbons (Fsp3) is 0.250. The van der Waals surface area contributed by atoms with E-state index in [0.29, 0.717) is 50.5 Å². The molecule has 2 heterocycles. The number of morpholine rings is 1. The molecule has 0 bridgehead atoms. The second kappa shape index (κ2) is 15.2. The van der Waals surface area contributed by atoms with Gasteiger partial charge in [0.15, 0.2) is 0 Å². The second-order valence-corrected chi connectivity index (χ2v) is 12.7. The van der Waals surface area contributed by atoms with E-state index < -0.39 is 5.97 Å². The van der Waals surface area contributed by atoms with Crippen LogP contribution in [0.15, 0.2) is 65.6 Å². The van der Waals surface area contributed by atoms with Gasteiger partial charge in [0, 0.05) is 43.9 Å². The zero-order valence-corrected chi connectivity index (χ0v) is 27.1. The number of benzene rings is 3. The molecule has 234 valence electrons. The predicted octanol–water partition coefficient (Wildman–Crippen LogP) is 6.30. The highest BCUT2D eigenvalue weighted by atomic mass is 35.5. The summed E-state index contributed by atoms with van der Waals surface area (Å²) in [6.45, 7) is 4.50. The van der Waals surface area contributed by atoms with Crippen molar-refractivity contribution in [2.75, 3.05) is 51.3 Å². The summed E-state index contributed by atoms with van der Waals surface area (Å²) in [6, 6.07) is 17.0. The molecule has 5 rings (SSSR count). The van der Waals surface area contributed by atoms with E-state index in [-0.39, 0.29) is 30.3 Å². The number of rotatable bonds is 11. The number of carbonyl (C=O) groups excluding carboxylic acids is 2. The number of thioether (sulfide) groups is 1. The van der Waals surface area contributed by atoms with Crippen molar-refractivity contribution in [3.05, 3.63) is 86.7 Å². The molecule has 2 fully saturated rings. The van der Waals surface area contributed by atoms with Crippen molar-refractivity contribution in [1.29, 1.82) is 0 Å². The molecule has 2 aliphatic rings. The van der Waals surface area contributed by atoms with Gasteiger partial charge in [0.1, 0.15) is 16.7 Å². The summed E-state index contributed by atoms with van der Waals surface area (Å²) < 4.78 is 12.0. The lowest BCUT2D eigenvalue weighted by molar-refractivity contribution is -0.122. The number of hydrogen-bond donors (Lipinski definition) is 2.